The van der Waals surface area contributed by atoms with E-state index in [1.807, 2.05) is 0 Å². The number of benzene rings is 2. The van der Waals surface area contributed by atoms with Gasteiger partial charge in [-0.3, -0.25) is 9.59 Å². The van der Waals surface area contributed by atoms with E-state index < -0.39 is 5.97 Å². The Kier molecular flexibility index (Phi) is 4.05. The van der Waals surface area contributed by atoms with Crippen LogP contribution >= 0.6 is 11.6 Å². The van der Waals surface area contributed by atoms with Crippen LogP contribution in [-0.2, 0) is 11.2 Å². The molecule has 2 rings (SSSR count). The molecule has 0 atom stereocenters. The van der Waals surface area contributed by atoms with Crippen molar-refractivity contribution < 1.29 is 14.7 Å². The van der Waals surface area contributed by atoms with Crippen LogP contribution in [0.1, 0.15) is 21.5 Å². The molecule has 0 radical (unpaired) electrons. The zero-order valence-corrected chi connectivity index (χ0v) is 11.2. The van der Waals surface area contributed by atoms with Crippen molar-refractivity contribution in [2.24, 2.45) is 0 Å². The van der Waals surface area contributed by atoms with E-state index in [1.165, 1.54) is 0 Å². The fourth-order valence-corrected chi connectivity index (χ4v) is 2.10. The van der Waals surface area contributed by atoms with E-state index >= 15 is 0 Å². The number of carboxylic acid groups (broad SMARTS) is 1. The molecule has 2 aromatic carbocycles. The highest BCUT2D eigenvalue weighted by molar-refractivity contribution is 6.31. The van der Waals surface area contributed by atoms with Crippen LogP contribution in [0.2, 0.25) is 5.02 Å². The quantitative estimate of drug-likeness (QED) is 0.670. The third-order valence-electron chi connectivity index (χ3n) is 2.87. The molecular formula is C15H12ClNO3. The minimum atomic E-state index is -0.996. The number of aliphatic carboxylic acids is 1. The normalized spacial score (nSPS) is 10.2. The third kappa shape index (κ3) is 2.97. The van der Waals surface area contributed by atoms with Crippen LogP contribution < -0.4 is 5.73 Å². The fraction of sp³-hybridized carbons (Fsp3) is 0.0667. The summed E-state index contributed by atoms with van der Waals surface area (Å²) in [6.45, 7) is 0. The Balaban J connectivity index is 2.42. The van der Waals surface area contributed by atoms with Gasteiger partial charge in [-0.25, -0.2) is 0 Å². The Labute approximate surface area is 120 Å². The van der Waals surface area contributed by atoms with Gasteiger partial charge in [-0.2, -0.15) is 0 Å². The first kappa shape index (κ1) is 14.1. The van der Waals surface area contributed by atoms with E-state index in [1.54, 1.807) is 42.5 Å². The Hall–Kier alpha value is -2.33. The molecule has 4 nitrogen and oxygen atoms in total. The second-order valence-corrected chi connectivity index (χ2v) is 4.72. The second-order valence-electron chi connectivity index (χ2n) is 4.29. The summed E-state index contributed by atoms with van der Waals surface area (Å²) in [6.07, 6.45) is -0.220. The maximum Gasteiger partial charge on any atom is 0.307 e. The molecule has 0 aliphatic carbocycles. The molecule has 0 fully saturated rings. The van der Waals surface area contributed by atoms with Gasteiger partial charge in [0.15, 0.2) is 5.78 Å². The van der Waals surface area contributed by atoms with Crippen molar-refractivity contribution in [1.82, 2.24) is 0 Å². The lowest BCUT2D eigenvalue weighted by atomic mass is 9.98. The monoisotopic (exact) mass is 289 g/mol. The molecule has 0 heterocycles. The van der Waals surface area contributed by atoms with Crippen molar-refractivity contribution in [3.05, 3.63) is 64.2 Å². The van der Waals surface area contributed by atoms with Crippen LogP contribution in [0.15, 0.2) is 42.5 Å². The maximum atomic E-state index is 12.4. The van der Waals surface area contributed by atoms with Gasteiger partial charge in [-0.1, -0.05) is 35.9 Å². The first-order valence-electron chi connectivity index (χ1n) is 5.88. The van der Waals surface area contributed by atoms with E-state index in [0.29, 0.717) is 16.1 Å². The first-order valence-corrected chi connectivity index (χ1v) is 6.26. The zero-order valence-electron chi connectivity index (χ0n) is 10.5. The summed E-state index contributed by atoms with van der Waals surface area (Å²) < 4.78 is 0. The van der Waals surface area contributed by atoms with Crippen molar-refractivity contribution in [2.75, 3.05) is 5.73 Å². The largest absolute Gasteiger partial charge is 0.481 e. The lowest BCUT2D eigenvalue weighted by Crippen LogP contribution is -2.10. The number of hydrogen-bond donors (Lipinski definition) is 2. The smallest absolute Gasteiger partial charge is 0.307 e. The van der Waals surface area contributed by atoms with Gasteiger partial charge in [0.05, 0.1) is 6.42 Å². The van der Waals surface area contributed by atoms with Gasteiger partial charge < -0.3 is 10.8 Å². The molecule has 3 N–H and O–H groups in total. The number of carbonyl (C=O) groups excluding carboxylic acids is 1. The van der Waals surface area contributed by atoms with Crippen molar-refractivity contribution in [2.45, 2.75) is 6.42 Å². The lowest BCUT2D eigenvalue weighted by Gasteiger charge is -2.09. The molecule has 0 bridgehead atoms. The van der Waals surface area contributed by atoms with E-state index in [0.717, 1.165) is 0 Å². The van der Waals surface area contributed by atoms with Gasteiger partial charge in [0, 0.05) is 21.8 Å². The number of hydrogen-bond acceptors (Lipinski definition) is 3. The van der Waals surface area contributed by atoms with Gasteiger partial charge in [-0.15, -0.1) is 0 Å². The highest BCUT2D eigenvalue weighted by atomic mass is 35.5. The van der Waals surface area contributed by atoms with Crippen molar-refractivity contribution in [1.29, 1.82) is 0 Å². The zero-order chi connectivity index (χ0) is 14.7. The number of halogens is 1. The molecule has 0 saturated heterocycles. The van der Waals surface area contributed by atoms with Crippen LogP contribution in [-0.4, -0.2) is 16.9 Å². The molecule has 5 heteroatoms. The molecular weight excluding hydrogens is 278 g/mol. The maximum absolute atomic E-state index is 12.4. The number of carboxylic acids is 1. The fourth-order valence-electron chi connectivity index (χ4n) is 1.91. The summed E-state index contributed by atoms with van der Waals surface area (Å²) in [5.41, 5.74) is 7.20. The van der Waals surface area contributed by atoms with Gasteiger partial charge in [0.25, 0.3) is 0 Å². The predicted octanol–water partition coefficient (Wildman–Crippen LogP) is 2.78. The molecule has 0 unspecified atom stereocenters. The minimum absolute atomic E-state index is 0.194. The second kappa shape index (κ2) is 5.75. The summed E-state index contributed by atoms with van der Waals surface area (Å²) in [7, 11) is 0. The topological polar surface area (TPSA) is 80.4 Å². The van der Waals surface area contributed by atoms with Crippen LogP contribution in [0.3, 0.4) is 0 Å². The molecule has 0 saturated carbocycles. The number of carbonyl (C=O) groups is 2. The SMILES string of the molecule is Nc1c(CC(=O)O)cccc1C(=O)c1cccc(Cl)c1. The van der Waals surface area contributed by atoms with E-state index in [4.69, 9.17) is 22.4 Å². The van der Waals surface area contributed by atoms with Crippen molar-refractivity contribution >= 4 is 29.0 Å². The molecule has 20 heavy (non-hydrogen) atoms. The van der Waals surface area contributed by atoms with Crippen molar-refractivity contribution in [3.8, 4) is 0 Å². The number of nitrogen functional groups attached to an aromatic ring is 1. The lowest BCUT2D eigenvalue weighted by molar-refractivity contribution is -0.136. The van der Waals surface area contributed by atoms with Crippen molar-refractivity contribution in [3.63, 3.8) is 0 Å². The molecule has 0 spiro atoms. The Morgan fingerprint density at radius 2 is 1.85 bits per heavy atom. The average molecular weight is 290 g/mol. The van der Waals surface area contributed by atoms with Crippen LogP contribution in [0.5, 0.6) is 0 Å². The number of ketones is 1. The summed E-state index contributed by atoms with van der Waals surface area (Å²) >= 11 is 5.86. The number of rotatable bonds is 4. The summed E-state index contributed by atoms with van der Waals surface area (Å²) in [5, 5.41) is 9.27. The molecule has 0 aromatic heterocycles. The molecule has 0 amide bonds. The van der Waals surface area contributed by atoms with Gasteiger partial charge >= 0.3 is 5.97 Å². The van der Waals surface area contributed by atoms with Crippen LogP contribution in [0, 0.1) is 0 Å². The minimum Gasteiger partial charge on any atom is -0.481 e. The number of nitrogens with two attached hydrogens (primary N) is 1. The molecule has 102 valence electrons. The van der Waals surface area contributed by atoms with Crippen LogP contribution in [0.4, 0.5) is 5.69 Å². The Morgan fingerprint density at radius 3 is 2.50 bits per heavy atom. The molecule has 2 aromatic rings. The van der Waals surface area contributed by atoms with Gasteiger partial charge in [-0.05, 0) is 23.8 Å². The Morgan fingerprint density at radius 1 is 1.15 bits per heavy atom. The van der Waals surface area contributed by atoms with Gasteiger partial charge in [0.1, 0.15) is 0 Å². The van der Waals surface area contributed by atoms with E-state index in [-0.39, 0.29) is 23.5 Å². The molecule has 0 aliphatic heterocycles. The van der Waals surface area contributed by atoms with Crippen LogP contribution in [0.25, 0.3) is 0 Å². The van der Waals surface area contributed by atoms with Gasteiger partial charge in [0.2, 0.25) is 0 Å². The highest BCUT2D eigenvalue weighted by Crippen LogP contribution is 2.22. The standard InChI is InChI=1S/C15H12ClNO3/c16-11-5-1-4-10(7-11)15(20)12-6-2-3-9(14(12)17)8-13(18)19/h1-7H,8,17H2,(H,18,19). The summed E-state index contributed by atoms with van der Waals surface area (Å²) in [6, 6.07) is 11.3. The predicted molar refractivity (Wildman–Crippen MR) is 77.1 cm³/mol. The van der Waals surface area contributed by atoms with E-state index in [2.05, 4.69) is 0 Å². The number of para-hydroxylation sites is 1. The number of anilines is 1. The Bertz CT molecular complexity index is 683. The van der Waals surface area contributed by atoms with E-state index in [9.17, 15) is 9.59 Å². The summed E-state index contributed by atoms with van der Waals surface area (Å²) in [5.74, 6) is -1.28. The average Bonchev–Trinajstić information content (AvgIpc) is 2.40. The molecule has 0 aliphatic rings. The first-order chi connectivity index (χ1) is 9.49. The summed E-state index contributed by atoms with van der Waals surface area (Å²) in [4.78, 5) is 23.1. The highest BCUT2D eigenvalue weighted by Gasteiger charge is 2.15. The third-order valence-corrected chi connectivity index (χ3v) is 3.10.